The topological polar surface area (TPSA) is 65.3 Å². The van der Waals surface area contributed by atoms with Crippen LogP contribution < -0.4 is 5.73 Å². The van der Waals surface area contributed by atoms with Crippen molar-refractivity contribution in [3.05, 3.63) is 22.2 Å². The van der Waals surface area contributed by atoms with Crippen molar-refractivity contribution in [2.24, 2.45) is 11.7 Å². The van der Waals surface area contributed by atoms with Gasteiger partial charge >= 0.3 is 0 Å². The predicted octanol–water partition coefficient (Wildman–Crippen LogP) is 3.98. The van der Waals surface area contributed by atoms with Crippen LogP contribution in [0.4, 0.5) is 0 Å². The second-order valence-corrected chi connectivity index (χ2v) is 9.04. The van der Waals surface area contributed by atoms with Crippen molar-refractivity contribution < 1.29 is 5.11 Å². The number of fused-ring (bicyclic) bond motifs is 1. The lowest BCUT2D eigenvalue weighted by Crippen LogP contribution is -2.39. The molecule has 0 spiro atoms. The van der Waals surface area contributed by atoms with Gasteiger partial charge in [0.15, 0.2) is 3.95 Å². The zero-order chi connectivity index (χ0) is 16.3. The summed E-state index contributed by atoms with van der Waals surface area (Å²) in [7, 11) is 0. The van der Waals surface area contributed by atoms with Gasteiger partial charge in [0.1, 0.15) is 5.72 Å². The lowest BCUT2D eigenvalue weighted by molar-refractivity contribution is 0.0529. The van der Waals surface area contributed by atoms with E-state index in [1.54, 1.807) is 30.2 Å². The number of H-pyrrole nitrogens is 1. The van der Waals surface area contributed by atoms with E-state index in [2.05, 4.69) is 41.3 Å². The molecule has 22 heavy (non-hydrogen) atoms. The molecule has 1 aromatic heterocycles. The fourth-order valence-electron chi connectivity index (χ4n) is 2.06. The van der Waals surface area contributed by atoms with Gasteiger partial charge in [-0.05, 0) is 55.2 Å². The van der Waals surface area contributed by atoms with Gasteiger partial charge in [0, 0.05) is 24.4 Å². The van der Waals surface area contributed by atoms with E-state index in [9.17, 15) is 5.11 Å². The Balaban J connectivity index is 2.11. The maximum Gasteiger partial charge on any atom is 0.159 e. The van der Waals surface area contributed by atoms with Crippen molar-refractivity contribution in [3.63, 3.8) is 0 Å². The molecule has 2 aromatic rings. The number of hydrogen-bond acceptors (Lipinski definition) is 6. The smallest absolute Gasteiger partial charge is 0.159 e. The van der Waals surface area contributed by atoms with Gasteiger partial charge in [-0.25, -0.2) is 4.31 Å². The van der Waals surface area contributed by atoms with Gasteiger partial charge in [0.05, 0.1) is 10.2 Å². The van der Waals surface area contributed by atoms with E-state index in [0.29, 0.717) is 12.3 Å². The number of rotatable bonds is 7. The first-order valence-corrected chi connectivity index (χ1v) is 9.30. The minimum atomic E-state index is -1.13. The summed E-state index contributed by atoms with van der Waals surface area (Å²) < 4.78 is 4.24. The maximum absolute atomic E-state index is 9.74. The number of benzene rings is 1. The molecule has 4 N–H and O–H groups in total. The highest BCUT2D eigenvalue weighted by Crippen LogP contribution is 2.29. The van der Waals surface area contributed by atoms with Crippen molar-refractivity contribution in [3.8, 4) is 0 Å². The van der Waals surface area contributed by atoms with E-state index in [-0.39, 0.29) is 0 Å². The molecule has 122 valence electrons. The maximum atomic E-state index is 9.74. The molecule has 2 rings (SSSR count). The van der Waals surface area contributed by atoms with Crippen LogP contribution in [0.25, 0.3) is 10.2 Å². The lowest BCUT2D eigenvalue weighted by Gasteiger charge is -2.26. The van der Waals surface area contributed by atoms with Gasteiger partial charge < -0.3 is 15.8 Å². The highest BCUT2D eigenvalue weighted by atomic mass is 32.2. The molecule has 1 heterocycles. The third-order valence-electron chi connectivity index (χ3n) is 3.06. The number of hydrogen-bond donors (Lipinski definition) is 3. The largest absolute Gasteiger partial charge is 0.376 e. The molecule has 0 fully saturated rings. The van der Waals surface area contributed by atoms with Crippen molar-refractivity contribution in [2.45, 2.75) is 37.8 Å². The number of nitrogens with zero attached hydrogens (tertiary/aromatic N) is 1. The Bertz CT molecular complexity index is 672. The zero-order valence-corrected chi connectivity index (χ0v) is 15.6. The molecule has 0 aliphatic carbocycles. The van der Waals surface area contributed by atoms with Gasteiger partial charge in [0.2, 0.25) is 0 Å². The van der Waals surface area contributed by atoms with Crippen LogP contribution >= 0.6 is 35.5 Å². The van der Waals surface area contributed by atoms with Crippen molar-refractivity contribution >= 4 is 45.7 Å². The molecule has 1 aromatic carbocycles. The zero-order valence-electron chi connectivity index (χ0n) is 13.1. The predicted molar refractivity (Wildman–Crippen MR) is 98.7 cm³/mol. The molecule has 0 aliphatic rings. The van der Waals surface area contributed by atoms with Crippen LogP contribution in [-0.2, 0) is 0 Å². The lowest BCUT2D eigenvalue weighted by atomic mass is 10.2. The minimum absolute atomic E-state index is 0.540. The summed E-state index contributed by atoms with van der Waals surface area (Å²) in [5, 5.41) is 9.74. The van der Waals surface area contributed by atoms with Crippen LogP contribution in [0.15, 0.2) is 23.1 Å². The Morgan fingerprint density at radius 3 is 2.86 bits per heavy atom. The minimum Gasteiger partial charge on any atom is -0.376 e. The van der Waals surface area contributed by atoms with Gasteiger partial charge in [-0.2, -0.15) is 0 Å². The first kappa shape index (κ1) is 17.9. The molecule has 0 saturated heterocycles. The van der Waals surface area contributed by atoms with Gasteiger partial charge in [-0.3, -0.25) is 0 Å². The molecular weight excluding hydrogens is 334 g/mol. The van der Waals surface area contributed by atoms with Crippen molar-refractivity contribution in [1.82, 2.24) is 9.29 Å². The molecule has 0 saturated carbocycles. The summed E-state index contributed by atoms with van der Waals surface area (Å²) >= 11 is 8.49. The Labute approximate surface area is 144 Å². The van der Waals surface area contributed by atoms with E-state index in [1.165, 1.54) is 9.60 Å². The van der Waals surface area contributed by atoms with E-state index in [1.807, 2.05) is 0 Å². The first-order valence-electron chi connectivity index (χ1n) is 7.30. The van der Waals surface area contributed by atoms with Gasteiger partial charge in [0.25, 0.3) is 0 Å². The molecule has 7 heteroatoms. The normalized spacial score (nSPS) is 14.9. The molecule has 1 unspecified atom stereocenters. The number of aromatic amines is 1. The van der Waals surface area contributed by atoms with E-state index < -0.39 is 5.72 Å². The third-order valence-corrected chi connectivity index (χ3v) is 5.31. The fourth-order valence-corrected chi connectivity index (χ4v) is 4.45. The highest BCUT2D eigenvalue weighted by Gasteiger charge is 2.17. The van der Waals surface area contributed by atoms with E-state index in [0.717, 1.165) is 22.6 Å². The summed E-state index contributed by atoms with van der Waals surface area (Å²) in [6.07, 6.45) is 0.540. The number of nitrogens with two attached hydrogens (primary N) is 1. The average Bonchev–Trinajstić information content (AvgIpc) is 2.74. The molecule has 0 bridgehead atoms. The summed E-state index contributed by atoms with van der Waals surface area (Å²) in [4.78, 5) is 4.35. The average molecular weight is 358 g/mol. The summed E-state index contributed by atoms with van der Waals surface area (Å²) in [6.45, 7) is 7.71. The summed E-state index contributed by atoms with van der Waals surface area (Å²) in [5.41, 5.74) is 5.65. The van der Waals surface area contributed by atoms with Crippen LogP contribution in [0.1, 0.15) is 27.2 Å². The quantitative estimate of drug-likeness (QED) is 0.397. The van der Waals surface area contributed by atoms with Crippen LogP contribution in [0.3, 0.4) is 0 Å². The van der Waals surface area contributed by atoms with Crippen LogP contribution in [0.5, 0.6) is 0 Å². The second kappa shape index (κ2) is 7.42. The Hall–Kier alpha value is -0.440. The van der Waals surface area contributed by atoms with Gasteiger partial charge in [-0.1, -0.05) is 13.8 Å². The molecule has 4 nitrogen and oxygen atoms in total. The fraction of sp³-hybridized carbons (Fsp3) is 0.533. The second-order valence-electron chi connectivity index (χ2n) is 6.15. The number of nitrogens with one attached hydrogen (secondary N) is 1. The summed E-state index contributed by atoms with van der Waals surface area (Å²) in [5.74, 6) is 0.549. The number of thiazole rings is 1. The first-order chi connectivity index (χ1) is 10.2. The molecule has 1 atom stereocenters. The standard InChI is InChI=1S/C15H23N3OS3/c1-10(2)9-18(7-6-15(3,16)19)22-11-4-5-12-13(8-11)21-14(20)17-12/h4-5,8,10,19H,6-7,9,16H2,1-3H3,(H,17,20). The van der Waals surface area contributed by atoms with Gasteiger partial charge in [-0.15, -0.1) is 11.3 Å². The van der Waals surface area contributed by atoms with Crippen molar-refractivity contribution in [1.29, 1.82) is 0 Å². The highest BCUT2D eigenvalue weighted by molar-refractivity contribution is 7.97. The van der Waals surface area contributed by atoms with E-state index >= 15 is 0 Å². The molecule has 0 radical (unpaired) electrons. The SMILES string of the molecule is CC(C)CN(CCC(C)(N)O)Sc1ccc2[nH]c(=S)sc2c1. The van der Waals surface area contributed by atoms with E-state index in [4.69, 9.17) is 18.0 Å². The number of aromatic nitrogens is 1. The number of aliphatic hydroxyl groups is 1. The van der Waals surface area contributed by atoms with Crippen LogP contribution in [0.2, 0.25) is 0 Å². The van der Waals surface area contributed by atoms with Crippen LogP contribution in [-0.4, -0.2) is 33.2 Å². The van der Waals surface area contributed by atoms with Crippen LogP contribution in [0, 0.1) is 9.87 Å². The van der Waals surface area contributed by atoms with Crippen molar-refractivity contribution in [2.75, 3.05) is 13.1 Å². The third kappa shape index (κ3) is 5.64. The molecular formula is C15H23N3OS3. The monoisotopic (exact) mass is 357 g/mol. The Kier molecular flexibility index (Phi) is 6.04. The summed E-state index contributed by atoms with van der Waals surface area (Å²) in [6, 6.07) is 6.32. The molecule has 0 aliphatic heterocycles. The molecule has 0 amide bonds. The Morgan fingerprint density at radius 1 is 1.50 bits per heavy atom. The Morgan fingerprint density at radius 2 is 2.23 bits per heavy atom.